The lowest BCUT2D eigenvalue weighted by atomic mass is 10.1. The Hall–Kier alpha value is -0.575. The first-order valence-corrected chi connectivity index (χ1v) is 4.79. The Morgan fingerprint density at radius 2 is 1.86 bits per heavy atom. The van der Waals surface area contributed by atoms with E-state index in [2.05, 4.69) is 24.6 Å². The van der Waals surface area contributed by atoms with Crippen molar-refractivity contribution in [3.05, 3.63) is 23.3 Å². The highest BCUT2D eigenvalue weighted by Gasteiger charge is 2.05. The van der Waals surface area contributed by atoms with Gasteiger partial charge in [-0.05, 0) is 33.6 Å². The van der Waals surface area contributed by atoms with Gasteiger partial charge in [-0.3, -0.25) is 0 Å². The van der Waals surface area contributed by atoms with E-state index in [4.69, 9.17) is 10.0 Å². The zero-order chi connectivity index (χ0) is 11.0. The average molecular weight is 198 g/mol. The monoisotopic (exact) mass is 198 g/mol. The second-order valence-electron chi connectivity index (χ2n) is 3.53. The fourth-order valence-electron chi connectivity index (χ4n) is 0.967. The van der Waals surface area contributed by atoms with E-state index < -0.39 is 7.32 Å². The van der Waals surface area contributed by atoms with Gasteiger partial charge < -0.3 is 14.7 Å². The molecule has 0 fully saturated rings. The highest BCUT2D eigenvalue weighted by molar-refractivity contribution is 6.32. The molecule has 0 aliphatic rings. The average Bonchev–Trinajstić information content (AvgIpc) is 2.02. The van der Waals surface area contributed by atoms with Gasteiger partial charge >= 0.3 is 7.32 Å². The van der Waals surface area contributed by atoms with Crippen LogP contribution in [0.15, 0.2) is 23.3 Å². The molecule has 0 rings (SSSR count). The molecule has 0 spiro atoms. The van der Waals surface area contributed by atoms with Gasteiger partial charge in [0.25, 0.3) is 0 Å². The third-order valence-electron chi connectivity index (χ3n) is 1.77. The molecule has 0 aromatic carbocycles. The van der Waals surface area contributed by atoms with Crippen LogP contribution in [0, 0.1) is 0 Å². The molecule has 0 unspecified atom stereocenters. The van der Waals surface area contributed by atoms with Crippen molar-refractivity contribution in [2.45, 2.75) is 33.6 Å². The number of allylic oxidation sites excluding steroid dienone is 3. The SMILES string of the molecule is CC(C)=CCCC(C)=CCOB(O)O. The van der Waals surface area contributed by atoms with Crippen LogP contribution in [-0.4, -0.2) is 24.0 Å². The smallest absolute Gasteiger partial charge is 0.402 e. The Bertz CT molecular complexity index is 205. The van der Waals surface area contributed by atoms with E-state index >= 15 is 0 Å². The van der Waals surface area contributed by atoms with Crippen LogP contribution in [0.4, 0.5) is 0 Å². The molecule has 80 valence electrons. The summed E-state index contributed by atoms with van der Waals surface area (Å²) in [5.74, 6) is 0. The van der Waals surface area contributed by atoms with Gasteiger partial charge in [-0.1, -0.05) is 23.3 Å². The molecule has 0 bridgehead atoms. The van der Waals surface area contributed by atoms with Crippen molar-refractivity contribution in [3.63, 3.8) is 0 Å². The van der Waals surface area contributed by atoms with E-state index in [0.717, 1.165) is 12.8 Å². The number of rotatable bonds is 6. The van der Waals surface area contributed by atoms with Gasteiger partial charge in [0.1, 0.15) is 0 Å². The molecule has 2 N–H and O–H groups in total. The van der Waals surface area contributed by atoms with Crippen LogP contribution in [-0.2, 0) is 4.65 Å². The fourth-order valence-corrected chi connectivity index (χ4v) is 0.967. The second kappa shape index (κ2) is 7.79. The van der Waals surface area contributed by atoms with Gasteiger partial charge in [-0.15, -0.1) is 0 Å². The van der Waals surface area contributed by atoms with Gasteiger partial charge in [0.15, 0.2) is 0 Å². The lowest BCUT2D eigenvalue weighted by Crippen LogP contribution is -2.16. The molecule has 0 atom stereocenters. The zero-order valence-corrected chi connectivity index (χ0v) is 9.16. The molecule has 0 aromatic heterocycles. The lowest BCUT2D eigenvalue weighted by molar-refractivity contribution is 0.206. The lowest BCUT2D eigenvalue weighted by Gasteiger charge is -2.00. The highest BCUT2D eigenvalue weighted by Crippen LogP contribution is 2.06. The first-order chi connectivity index (χ1) is 6.52. The second-order valence-corrected chi connectivity index (χ2v) is 3.53. The molecule has 0 saturated heterocycles. The van der Waals surface area contributed by atoms with Crippen molar-refractivity contribution in [3.8, 4) is 0 Å². The quantitative estimate of drug-likeness (QED) is 0.504. The fraction of sp³-hybridized carbons (Fsp3) is 0.600. The molecule has 0 aliphatic carbocycles. The van der Waals surface area contributed by atoms with Crippen molar-refractivity contribution in [2.75, 3.05) is 6.61 Å². The summed E-state index contributed by atoms with van der Waals surface area (Å²) >= 11 is 0. The van der Waals surface area contributed by atoms with E-state index in [9.17, 15) is 0 Å². The largest absolute Gasteiger partial charge is 0.634 e. The van der Waals surface area contributed by atoms with Crippen molar-refractivity contribution >= 4 is 7.32 Å². The molecular weight excluding hydrogens is 179 g/mol. The van der Waals surface area contributed by atoms with E-state index in [1.165, 1.54) is 11.1 Å². The van der Waals surface area contributed by atoms with Crippen molar-refractivity contribution in [1.29, 1.82) is 0 Å². The van der Waals surface area contributed by atoms with Crippen LogP contribution in [0.1, 0.15) is 33.6 Å². The third-order valence-corrected chi connectivity index (χ3v) is 1.77. The van der Waals surface area contributed by atoms with Gasteiger partial charge in [-0.2, -0.15) is 0 Å². The zero-order valence-electron chi connectivity index (χ0n) is 9.16. The summed E-state index contributed by atoms with van der Waals surface area (Å²) in [7, 11) is -1.67. The molecule has 14 heavy (non-hydrogen) atoms. The predicted octanol–water partition coefficient (Wildman–Crippen LogP) is 1.67. The van der Waals surface area contributed by atoms with Gasteiger partial charge in [-0.25, -0.2) is 0 Å². The van der Waals surface area contributed by atoms with Gasteiger partial charge in [0.05, 0.1) is 6.61 Å². The Balaban J connectivity index is 3.62. The molecule has 0 amide bonds. The van der Waals surface area contributed by atoms with Crippen LogP contribution in [0.2, 0.25) is 0 Å². The van der Waals surface area contributed by atoms with Crippen LogP contribution in [0.25, 0.3) is 0 Å². The minimum atomic E-state index is -1.67. The Labute approximate surface area is 86.3 Å². The Kier molecular flexibility index (Phi) is 7.47. The summed E-state index contributed by atoms with van der Waals surface area (Å²) in [5.41, 5.74) is 2.52. The Morgan fingerprint density at radius 1 is 1.21 bits per heavy atom. The molecule has 3 nitrogen and oxygen atoms in total. The first-order valence-electron chi connectivity index (χ1n) is 4.79. The maximum atomic E-state index is 8.41. The molecule has 0 heterocycles. The van der Waals surface area contributed by atoms with Crippen molar-refractivity contribution < 1.29 is 14.7 Å². The van der Waals surface area contributed by atoms with E-state index in [1.807, 2.05) is 13.0 Å². The molecule has 0 aliphatic heterocycles. The minimum absolute atomic E-state index is 0.248. The van der Waals surface area contributed by atoms with Crippen LogP contribution < -0.4 is 0 Å². The Morgan fingerprint density at radius 3 is 2.36 bits per heavy atom. The molecule has 0 radical (unpaired) electrons. The highest BCUT2D eigenvalue weighted by atomic mass is 16.6. The summed E-state index contributed by atoms with van der Waals surface area (Å²) < 4.78 is 4.56. The van der Waals surface area contributed by atoms with E-state index in [0.29, 0.717) is 0 Å². The number of hydrogen-bond acceptors (Lipinski definition) is 3. The van der Waals surface area contributed by atoms with E-state index in [-0.39, 0.29) is 6.61 Å². The molecule has 0 aromatic rings. The number of hydrogen-bond donors (Lipinski definition) is 2. The summed E-state index contributed by atoms with van der Waals surface area (Å²) in [6.07, 6.45) is 6.04. The van der Waals surface area contributed by atoms with Crippen molar-refractivity contribution in [2.24, 2.45) is 0 Å². The molecule has 4 heteroatoms. The maximum Gasteiger partial charge on any atom is 0.634 e. The minimum Gasteiger partial charge on any atom is -0.402 e. The topological polar surface area (TPSA) is 49.7 Å². The summed E-state index contributed by atoms with van der Waals surface area (Å²) in [4.78, 5) is 0. The predicted molar refractivity (Wildman–Crippen MR) is 58.6 cm³/mol. The summed E-state index contributed by atoms with van der Waals surface area (Å²) in [6.45, 7) is 6.40. The third kappa shape index (κ3) is 9.51. The summed E-state index contributed by atoms with van der Waals surface area (Å²) in [6, 6.07) is 0. The van der Waals surface area contributed by atoms with Gasteiger partial charge in [0, 0.05) is 0 Å². The van der Waals surface area contributed by atoms with Crippen LogP contribution in [0.3, 0.4) is 0 Å². The first kappa shape index (κ1) is 13.4. The normalized spacial score (nSPS) is 11.4. The van der Waals surface area contributed by atoms with Gasteiger partial charge in [0.2, 0.25) is 0 Å². The van der Waals surface area contributed by atoms with E-state index in [1.54, 1.807) is 0 Å². The molecule has 0 saturated carbocycles. The summed E-state index contributed by atoms with van der Waals surface area (Å²) in [5, 5.41) is 16.8. The maximum absolute atomic E-state index is 8.41. The van der Waals surface area contributed by atoms with Crippen molar-refractivity contribution in [1.82, 2.24) is 0 Å². The van der Waals surface area contributed by atoms with Crippen LogP contribution >= 0.6 is 0 Å². The van der Waals surface area contributed by atoms with Crippen LogP contribution in [0.5, 0.6) is 0 Å². The molecular formula is C10H19BO3. The standard InChI is InChI=1S/C10H19BO3/c1-9(2)5-4-6-10(3)7-8-14-11(12)13/h5,7,12-13H,4,6,8H2,1-3H3.